The second kappa shape index (κ2) is 18.4. The molecule has 4 heteroatoms. The SMILES string of the molecule is CCCCCCCCCCCCCCCCCCN(C(=O)c1ccccc1)C(N)=S. The average Bonchev–Trinajstić information content (AvgIpc) is 2.76. The van der Waals surface area contributed by atoms with Crippen LogP contribution < -0.4 is 5.73 Å². The normalized spacial score (nSPS) is 10.8. The summed E-state index contributed by atoms with van der Waals surface area (Å²) in [5.41, 5.74) is 6.42. The molecule has 3 nitrogen and oxygen atoms in total. The highest BCUT2D eigenvalue weighted by atomic mass is 32.1. The van der Waals surface area contributed by atoms with Crippen LogP contribution in [0.3, 0.4) is 0 Å². The Morgan fingerprint density at radius 1 is 0.733 bits per heavy atom. The lowest BCUT2D eigenvalue weighted by Gasteiger charge is -2.20. The number of nitrogens with zero attached hydrogens (tertiary/aromatic N) is 1. The van der Waals surface area contributed by atoms with Crippen molar-refractivity contribution >= 4 is 23.2 Å². The minimum atomic E-state index is -0.0935. The maximum Gasteiger partial charge on any atom is 0.260 e. The van der Waals surface area contributed by atoms with Crippen LogP contribution in [0.1, 0.15) is 120 Å². The van der Waals surface area contributed by atoms with E-state index >= 15 is 0 Å². The largest absolute Gasteiger partial charge is 0.376 e. The molecular formula is C26H44N2OS. The van der Waals surface area contributed by atoms with E-state index in [1.165, 1.54) is 94.8 Å². The molecule has 0 spiro atoms. The van der Waals surface area contributed by atoms with E-state index in [2.05, 4.69) is 6.92 Å². The number of thiocarbonyl (C=S) groups is 1. The van der Waals surface area contributed by atoms with Crippen molar-refractivity contribution < 1.29 is 4.79 Å². The number of hydrogen-bond donors (Lipinski definition) is 1. The van der Waals surface area contributed by atoms with Crippen LogP contribution in [-0.2, 0) is 0 Å². The van der Waals surface area contributed by atoms with E-state index in [0.717, 1.165) is 12.8 Å². The zero-order valence-electron chi connectivity index (χ0n) is 19.2. The summed E-state index contributed by atoms with van der Waals surface area (Å²) < 4.78 is 0. The van der Waals surface area contributed by atoms with Gasteiger partial charge in [-0.15, -0.1) is 0 Å². The molecule has 0 aliphatic carbocycles. The predicted molar refractivity (Wildman–Crippen MR) is 134 cm³/mol. The standard InChI is InChI=1S/C26H44N2OS/c1-2-3-4-5-6-7-8-9-10-11-12-13-14-15-16-20-23-28(26(27)30)25(29)24-21-18-17-19-22-24/h17-19,21-22H,2-16,20,23H2,1H3,(H2,27,30). The molecule has 0 saturated heterocycles. The minimum Gasteiger partial charge on any atom is -0.376 e. The third-order valence-corrected chi connectivity index (χ3v) is 5.99. The molecule has 1 aromatic carbocycles. The Bertz CT molecular complexity index is 561. The summed E-state index contributed by atoms with van der Waals surface area (Å²) in [6.07, 6.45) is 21.4. The Morgan fingerprint density at radius 2 is 1.13 bits per heavy atom. The molecule has 1 amide bonds. The predicted octanol–water partition coefficient (Wildman–Crippen LogP) is 7.63. The van der Waals surface area contributed by atoms with E-state index in [4.69, 9.17) is 18.0 Å². The van der Waals surface area contributed by atoms with Crippen LogP contribution in [0.5, 0.6) is 0 Å². The van der Waals surface area contributed by atoms with Crippen molar-refractivity contribution in [3.63, 3.8) is 0 Å². The first-order valence-electron chi connectivity index (χ1n) is 12.3. The zero-order chi connectivity index (χ0) is 21.9. The summed E-state index contributed by atoms with van der Waals surface area (Å²) in [5.74, 6) is -0.0935. The van der Waals surface area contributed by atoms with Crippen molar-refractivity contribution in [2.24, 2.45) is 5.73 Å². The fourth-order valence-electron chi connectivity index (χ4n) is 3.87. The van der Waals surface area contributed by atoms with Gasteiger partial charge < -0.3 is 5.73 Å². The summed E-state index contributed by atoms with van der Waals surface area (Å²) >= 11 is 5.09. The Hall–Kier alpha value is -1.42. The van der Waals surface area contributed by atoms with E-state index in [0.29, 0.717) is 12.1 Å². The minimum absolute atomic E-state index is 0.0935. The molecule has 2 N–H and O–H groups in total. The van der Waals surface area contributed by atoms with Crippen LogP contribution in [0.4, 0.5) is 0 Å². The molecule has 0 aliphatic rings. The lowest BCUT2D eigenvalue weighted by molar-refractivity contribution is 0.0846. The Balaban J connectivity index is 1.96. The summed E-state index contributed by atoms with van der Waals surface area (Å²) in [6, 6.07) is 9.24. The fourth-order valence-corrected chi connectivity index (χ4v) is 4.04. The molecule has 1 rings (SSSR count). The summed E-state index contributed by atoms with van der Waals surface area (Å²) in [6.45, 7) is 2.89. The number of benzene rings is 1. The topological polar surface area (TPSA) is 46.3 Å². The highest BCUT2D eigenvalue weighted by Crippen LogP contribution is 2.14. The van der Waals surface area contributed by atoms with Gasteiger partial charge in [-0.2, -0.15) is 0 Å². The number of hydrogen-bond acceptors (Lipinski definition) is 2. The highest BCUT2D eigenvalue weighted by molar-refractivity contribution is 7.80. The van der Waals surface area contributed by atoms with E-state index in [-0.39, 0.29) is 11.0 Å². The summed E-state index contributed by atoms with van der Waals surface area (Å²) in [5, 5.41) is 0.171. The van der Waals surface area contributed by atoms with Gasteiger partial charge >= 0.3 is 0 Å². The number of amides is 1. The fraction of sp³-hybridized carbons (Fsp3) is 0.692. The lowest BCUT2D eigenvalue weighted by Crippen LogP contribution is -2.41. The molecule has 0 radical (unpaired) electrons. The van der Waals surface area contributed by atoms with Crippen LogP contribution in [0.2, 0.25) is 0 Å². The second-order valence-electron chi connectivity index (χ2n) is 8.46. The molecule has 0 unspecified atom stereocenters. The van der Waals surface area contributed by atoms with Gasteiger partial charge in [-0.25, -0.2) is 0 Å². The van der Waals surface area contributed by atoms with Crippen molar-refractivity contribution in [2.45, 2.75) is 110 Å². The summed E-state index contributed by atoms with van der Waals surface area (Å²) in [4.78, 5) is 14.1. The van der Waals surface area contributed by atoms with Crippen LogP contribution in [0.15, 0.2) is 30.3 Å². The first-order chi connectivity index (χ1) is 14.7. The third kappa shape index (κ3) is 13.0. The summed E-state index contributed by atoms with van der Waals surface area (Å²) in [7, 11) is 0. The van der Waals surface area contributed by atoms with E-state index in [9.17, 15) is 4.79 Å². The van der Waals surface area contributed by atoms with Gasteiger partial charge in [0.05, 0.1) is 0 Å². The Morgan fingerprint density at radius 3 is 1.53 bits per heavy atom. The lowest BCUT2D eigenvalue weighted by atomic mass is 10.0. The van der Waals surface area contributed by atoms with Crippen LogP contribution in [0.25, 0.3) is 0 Å². The quantitative estimate of drug-likeness (QED) is 0.191. The first kappa shape index (κ1) is 26.6. The molecule has 30 heavy (non-hydrogen) atoms. The number of nitrogens with two attached hydrogens (primary N) is 1. The van der Waals surface area contributed by atoms with E-state index < -0.39 is 0 Å². The van der Waals surface area contributed by atoms with Crippen molar-refractivity contribution in [2.75, 3.05) is 6.54 Å². The van der Waals surface area contributed by atoms with Crippen molar-refractivity contribution in [1.29, 1.82) is 0 Å². The Labute approximate surface area is 190 Å². The molecular weight excluding hydrogens is 388 g/mol. The third-order valence-electron chi connectivity index (χ3n) is 5.77. The monoisotopic (exact) mass is 432 g/mol. The highest BCUT2D eigenvalue weighted by Gasteiger charge is 2.17. The first-order valence-corrected chi connectivity index (χ1v) is 12.7. The van der Waals surface area contributed by atoms with Crippen molar-refractivity contribution in [3.05, 3.63) is 35.9 Å². The molecule has 0 atom stereocenters. The average molecular weight is 433 g/mol. The zero-order valence-corrected chi connectivity index (χ0v) is 20.1. The van der Waals surface area contributed by atoms with Gasteiger partial charge in [0, 0.05) is 12.1 Å². The maximum absolute atomic E-state index is 12.5. The van der Waals surface area contributed by atoms with Gasteiger partial charge in [0.25, 0.3) is 5.91 Å². The molecule has 0 bridgehead atoms. The van der Waals surface area contributed by atoms with Crippen LogP contribution in [0, 0.1) is 0 Å². The Kier molecular flexibility index (Phi) is 16.3. The smallest absolute Gasteiger partial charge is 0.260 e. The van der Waals surface area contributed by atoms with Crippen molar-refractivity contribution in [1.82, 2.24) is 4.90 Å². The van der Waals surface area contributed by atoms with Gasteiger partial charge in [-0.05, 0) is 30.8 Å². The maximum atomic E-state index is 12.5. The van der Waals surface area contributed by atoms with E-state index in [1.807, 2.05) is 18.2 Å². The van der Waals surface area contributed by atoms with Gasteiger partial charge in [-0.1, -0.05) is 121 Å². The molecule has 1 aromatic rings. The molecule has 0 saturated carbocycles. The van der Waals surface area contributed by atoms with Gasteiger partial charge in [0.2, 0.25) is 0 Å². The second-order valence-corrected chi connectivity index (χ2v) is 8.88. The number of carbonyl (C=O) groups excluding carboxylic acids is 1. The van der Waals surface area contributed by atoms with Gasteiger partial charge in [0.15, 0.2) is 5.11 Å². The van der Waals surface area contributed by atoms with Gasteiger partial charge in [0.1, 0.15) is 0 Å². The van der Waals surface area contributed by atoms with Crippen LogP contribution >= 0.6 is 12.2 Å². The molecule has 0 aliphatic heterocycles. The molecule has 0 heterocycles. The van der Waals surface area contributed by atoms with Crippen molar-refractivity contribution in [3.8, 4) is 0 Å². The number of unbranched alkanes of at least 4 members (excludes halogenated alkanes) is 15. The van der Waals surface area contributed by atoms with Crippen LogP contribution in [-0.4, -0.2) is 22.5 Å². The van der Waals surface area contributed by atoms with Gasteiger partial charge in [-0.3, -0.25) is 9.69 Å². The molecule has 0 aromatic heterocycles. The molecule has 170 valence electrons. The number of carbonyl (C=O) groups is 1. The van der Waals surface area contributed by atoms with E-state index in [1.54, 1.807) is 12.1 Å². The number of rotatable bonds is 18. The molecule has 0 fully saturated rings.